The minimum absolute atomic E-state index is 1.13. The molecule has 0 fully saturated rings. The summed E-state index contributed by atoms with van der Waals surface area (Å²) < 4.78 is 0. The zero-order valence-corrected chi connectivity index (χ0v) is 14.3. The van der Waals surface area contributed by atoms with Crippen molar-refractivity contribution in [2.45, 2.75) is 60.8 Å². The van der Waals surface area contributed by atoms with Crippen LogP contribution in [0.1, 0.15) is 59.1 Å². The smallest absolute Gasteiger partial charge is 0.00187 e. The van der Waals surface area contributed by atoms with E-state index in [0.717, 1.165) is 19.5 Å². The maximum absolute atomic E-state index is 2.35. The van der Waals surface area contributed by atoms with Crippen LogP contribution in [-0.4, -0.2) is 25.0 Å². The van der Waals surface area contributed by atoms with Crippen molar-refractivity contribution in [1.29, 1.82) is 0 Å². The summed E-state index contributed by atoms with van der Waals surface area (Å²) in [4.78, 5) is 2.35. The quantitative estimate of drug-likeness (QED) is 0.684. The van der Waals surface area contributed by atoms with E-state index in [0.29, 0.717) is 0 Å². The van der Waals surface area contributed by atoms with Gasteiger partial charge in [0.25, 0.3) is 0 Å². The second kappa shape index (κ2) is 15.2. The molecule has 19 heavy (non-hydrogen) atoms. The average molecular weight is 265 g/mol. The molecule has 0 unspecified atom stereocenters. The molecular formula is C18H35N. The highest BCUT2D eigenvalue weighted by atomic mass is 15.1. The first-order valence-electron chi connectivity index (χ1n) is 8.02. The highest BCUT2D eigenvalue weighted by Crippen LogP contribution is 2.07. The predicted octanol–water partition coefficient (Wildman–Crippen LogP) is 5.19. The molecule has 0 N–H and O–H groups in total. The van der Waals surface area contributed by atoms with Gasteiger partial charge in [0.15, 0.2) is 0 Å². The molecule has 0 spiro atoms. The number of hydrogen-bond acceptors (Lipinski definition) is 1. The van der Waals surface area contributed by atoms with Gasteiger partial charge in [0.2, 0.25) is 0 Å². The van der Waals surface area contributed by atoms with Gasteiger partial charge in [0.1, 0.15) is 0 Å². The van der Waals surface area contributed by atoms with E-state index < -0.39 is 0 Å². The van der Waals surface area contributed by atoms with Gasteiger partial charge >= 0.3 is 0 Å². The Balaban J connectivity index is 0. The molecule has 0 radical (unpaired) electrons. The normalized spacial score (nSPS) is 9.26. The van der Waals surface area contributed by atoms with Gasteiger partial charge in [0.05, 0.1) is 0 Å². The Hall–Kier alpha value is -0.820. The first-order chi connectivity index (χ1) is 9.26. The summed E-state index contributed by atoms with van der Waals surface area (Å²) in [5.74, 6) is 0. The molecule has 1 heteroatoms. The van der Waals surface area contributed by atoms with Crippen LogP contribution in [-0.2, 0) is 12.8 Å². The molecule has 0 heterocycles. The fourth-order valence-electron chi connectivity index (χ4n) is 1.64. The van der Waals surface area contributed by atoms with Crippen LogP contribution >= 0.6 is 0 Å². The first-order valence-corrected chi connectivity index (χ1v) is 8.02. The van der Waals surface area contributed by atoms with Crippen molar-refractivity contribution in [1.82, 2.24) is 4.90 Å². The van der Waals surface area contributed by atoms with Crippen LogP contribution in [0.3, 0.4) is 0 Å². The fourth-order valence-corrected chi connectivity index (χ4v) is 1.64. The van der Waals surface area contributed by atoms with E-state index in [1.807, 2.05) is 27.7 Å². The Bertz CT molecular complexity index is 264. The third-order valence-corrected chi connectivity index (χ3v) is 2.88. The molecule has 0 atom stereocenters. The van der Waals surface area contributed by atoms with E-state index in [4.69, 9.17) is 0 Å². The molecule has 1 nitrogen and oxygen atoms in total. The first kappa shape index (κ1) is 20.5. The fraction of sp³-hybridized carbons (Fsp3) is 0.667. The Morgan fingerprint density at radius 3 is 1.58 bits per heavy atom. The van der Waals surface area contributed by atoms with Crippen molar-refractivity contribution in [3.63, 3.8) is 0 Å². The minimum atomic E-state index is 1.13. The maximum atomic E-state index is 2.35. The summed E-state index contributed by atoms with van der Waals surface area (Å²) in [5, 5.41) is 0. The van der Waals surface area contributed by atoms with E-state index in [1.165, 1.54) is 24.0 Å². The van der Waals surface area contributed by atoms with Crippen molar-refractivity contribution in [3.8, 4) is 0 Å². The lowest BCUT2D eigenvalue weighted by Gasteiger charge is -2.13. The van der Waals surface area contributed by atoms with Crippen LogP contribution in [0.15, 0.2) is 24.3 Å². The number of rotatable bonds is 6. The Morgan fingerprint density at radius 2 is 1.21 bits per heavy atom. The van der Waals surface area contributed by atoms with Crippen molar-refractivity contribution in [2.24, 2.45) is 0 Å². The lowest BCUT2D eigenvalue weighted by molar-refractivity contribution is 0.357. The van der Waals surface area contributed by atoms with E-state index in [1.54, 1.807) is 0 Å². The molecule has 1 aromatic carbocycles. The topological polar surface area (TPSA) is 3.24 Å². The highest BCUT2D eigenvalue weighted by molar-refractivity contribution is 5.22. The van der Waals surface area contributed by atoms with Gasteiger partial charge in [-0.25, -0.2) is 0 Å². The van der Waals surface area contributed by atoms with Crippen molar-refractivity contribution in [3.05, 3.63) is 35.4 Å². The van der Waals surface area contributed by atoms with E-state index in [-0.39, 0.29) is 0 Å². The van der Waals surface area contributed by atoms with Crippen LogP contribution in [0, 0.1) is 0 Å². The minimum Gasteiger partial charge on any atom is -0.306 e. The Morgan fingerprint density at radius 1 is 0.789 bits per heavy atom. The molecular weight excluding hydrogens is 230 g/mol. The monoisotopic (exact) mass is 265 g/mol. The number of nitrogens with zero attached hydrogens (tertiary/aromatic N) is 1. The van der Waals surface area contributed by atoms with Gasteiger partial charge in [-0.1, -0.05) is 72.2 Å². The van der Waals surface area contributed by atoms with Crippen molar-refractivity contribution >= 4 is 0 Å². The Kier molecular flexibility index (Phi) is 16.4. The zero-order valence-electron chi connectivity index (χ0n) is 14.3. The molecule has 0 saturated carbocycles. The molecule has 0 saturated heterocycles. The molecule has 0 bridgehead atoms. The summed E-state index contributed by atoms with van der Waals surface area (Å²) in [7, 11) is 2.17. The molecule has 0 aliphatic rings. The summed E-state index contributed by atoms with van der Waals surface area (Å²) >= 11 is 0. The molecule has 112 valence electrons. The average Bonchev–Trinajstić information content (AvgIpc) is 2.50. The predicted molar refractivity (Wildman–Crippen MR) is 90.0 cm³/mol. The molecule has 0 aliphatic carbocycles. The maximum Gasteiger partial charge on any atom is 0.00187 e. The van der Waals surface area contributed by atoms with Crippen LogP contribution in [0.4, 0.5) is 0 Å². The number of likely N-dealkylation sites (N-methyl/N-ethyl adjacent to an activating group) is 1. The van der Waals surface area contributed by atoms with Gasteiger partial charge in [-0.2, -0.15) is 0 Å². The second-order valence-electron chi connectivity index (χ2n) is 4.21. The number of benzene rings is 1. The molecule has 0 aromatic heterocycles. The second-order valence-corrected chi connectivity index (χ2v) is 4.21. The third kappa shape index (κ3) is 10.8. The SMILES string of the molecule is CC.CC.CCCc1ccc(CCN(C)CC)cc1. The summed E-state index contributed by atoms with van der Waals surface area (Å²) in [6, 6.07) is 9.08. The van der Waals surface area contributed by atoms with Crippen LogP contribution in [0.25, 0.3) is 0 Å². The standard InChI is InChI=1S/C14H23N.2C2H6/c1-4-6-13-7-9-14(10-8-13)11-12-15(3)5-2;2*1-2/h7-10H,4-6,11-12H2,1-3H3;2*1-2H3. The number of aryl methyl sites for hydroxylation is 1. The Labute approximate surface area is 122 Å². The van der Waals surface area contributed by atoms with Gasteiger partial charge in [-0.05, 0) is 37.6 Å². The summed E-state index contributed by atoms with van der Waals surface area (Å²) in [6.07, 6.45) is 3.60. The van der Waals surface area contributed by atoms with Gasteiger partial charge in [-0.15, -0.1) is 0 Å². The third-order valence-electron chi connectivity index (χ3n) is 2.88. The van der Waals surface area contributed by atoms with Gasteiger partial charge in [-0.3, -0.25) is 0 Å². The van der Waals surface area contributed by atoms with Crippen LogP contribution < -0.4 is 0 Å². The van der Waals surface area contributed by atoms with Gasteiger partial charge < -0.3 is 4.90 Å². The molecule has 0 amide bonds. The lowest BCUT2D eigenvalue weighted by atomic mass is 10.1. The van der Waals surface area contributed by atoms with Gasteiger partial charge in [0, 0.05) is 6.54 Å². The summed E-state index contributed by atoms with van der Waals surface area (Å²) in [5.41, 5.74) is 2.92. The molecule has 0 aliphatic heterocycles. The van der Waals surface area contributed by atoms with E-state index in [2.05, 4.69) is 50.1 Å². The van der Waals surface area contributed by atoms with Crippen LogP contribution in [0.5, 0.6) is 0 Å². The van der Waals surface area contributed by atoms with Crippen molar-refractivity contribution < 1.29 is 0 Å². The largest absolute Gasteiger partial charge is 0.306 e. The summed E-state index contributed by atoms with van der Waals surface area (Å²) in [6.45, 7) is 14.7. The van der Waals surface area contributed by atoms with Crippen molar-refractivity contribution in [2.75, 3.05) is 20.1 Å². The van der Waals surface area contributed by atoms with E-state index >= 15 is 0 Å². The zero-order chi connectivity index (χ0) is 15.1. The molecule has 1 aromatic rings. The molecule has 1 rings (SSSR count). The lowest BCUT2D eigenvalue weighted by Crippen LogP contribution is -2.20. The number of hydrogen-bond donors (Lipinski definition) is 0. The highest BCUT2D eigenvalue weighted by Gasteiger charge is 1.97. The van der Waals surface area contributed by atoms with E-state index in [9.17, 15) is 0 Å². The van der Waals surface area contributed by atoms with Crippen LogP contribution in [0.2, 0.25) is 0 Å².